The van der Waals surface area contributed by atoms with Gasteiger partial charge in [-0.1, -0.05) is 41.6 Å². The largest absolute Gasteiger partial charge is 0.478 e. The molecule has 0 bridgehead atoms. The van der Waals surface area contributed by atoms with E-state index >= 15 is 0 Å². The number of carboxylic acids is 1. The van der Waals surface area contributed by atoms with Gasteiger partial charge in [0, 0.05) is 9.79 Å². The quantitative estimate of drug-likeness (QED) is 0.903. The van der Waals surface area contributed by atoms with Gasteiger partial charge in [0.2, 0.25) is 0 Å². The maximum Gasteiger partial charge on any atom is 0.335 e. The fraction of sp³-hybridized carbons (Fsp3) is 0. The zero-order chi connectivity index (χ0) is 12.3. The van der Waals surface area contributed by atoms with Crippen LogP contribution in [0.25, 0.3) is 0 Å². The molecule has 0 saturated heterocycles. The SMILES string of the molecule is O=C(O)c1ccc(Sc2ccccc2)c(Cl)c1. The summed E-state index contributed by atoms with van der Waals surface area (Å²) in [5, 5.41) is 9.28. The van der Waals surface area contributed by atoms with E-state index in [0.717, 1.165) is 9.79 Å². The van der Waals surface area contributed by atoms with Crippen molar-refractivity contribution in [1.82, 2.24) is 0 Å². The molecule has 0 fully saturated rings. The highest BCUT2D eigenvalue weighted by Gasteiger charge is 2.07. The Balaban J connectivity index is 2.26. The summed E-state index contributed by atoms with van der Waals surface area (Å²) in [7, 11) is 0. The van der Waals surface area contributed by atoms with Crippen LogP contribution in [0.5, 0.6) is 0 Å². The van der Waals surface area contributed by atoms with Crippen molar-refractivity contribution in [1.29, 1.82) is 0 Å². The van der Waals surface area contributed by atoms with Crippen LogP contribution in [-0.4, -0.2) is 11.1 Å². The third kappa shape index (κ3) is 3.02. The summed E-state index contributed by atoms with van der Waals surface area (Å²) >= 11 is 7.55. The van der Waals surface area contributed by atoms with E-state index in [1.165, 1.54) is 17.8 Å². The molecule has 0 heterocycles. The lowest BCUT2D eigenvalue weighted by Crippen LogP contribution is -1.95. The lowest BCUT2D eigenvalue weighted by molar-refractivity contribution is 0.0697. The van der Waals surface area contributed by atoms with Gasteiger partial charge in [-0.2, -0.15) is 0 Å². The van der Waals surface area contributed by atoms with Crippen LogP contribution < -0.4 is 0 Å². The van der Waals surface area contributed by atoms with Gasteiger partial charge < -0.3 is 5.11 Å². The molecule has 0 aromatic heterocycles. The Morgan fingerprint density at radius 1 is 1.12 bits per heavy atom. The van der Waals surface area contributed by atoms with Crippen LogP contribution in [0.1, 0.15) is 10.4 Å². The zero-order valence-electron chi connectivity index (χ0n) is 8.76. The minimum absolute atomic E-state index is 0.201. The third-order valence-electron chi connectivity index (χ3n) is 2.15. The van der Waals surface area contributed by atoms with Gasteiger partial charge in [-0.05, 0) is 30.3 Å². The van der Waals surface area contributed by atoms with Crippen molar-refractivity contribution < 1.29 is 9.90 Å². The van der Waals surface area contributed by atoms with Crippen molar-refractivity contribution in [2.45, 2.75) is 9.79 Å². The molecule has 1 N–H and O–H groups in total. The van der Waals surface area contributed by atoms with Crippen molar-refractivity contribution in [2.24, 2.45) is 0 Å². The van der Waals surface area contributed by atoms with Crippen LogP contribution in [0.15, 0.2) is 58.3 Å². The summed E-state index contributed by atoms with van der Waals surface area (Å²) < 4.78 is 0. The molecule has 0 spiro atoms. The van der Waals surface area contributed by atoms with Gasteiger partial charge in [-0.15, -0.1) is 0 Å². The molecular formula is C13H9ClO2S. The normalized spacial score (nSPS) is 10.2. The molecule has 0 aliphatic rings. The van der Waals surface area contributed by atoms with E-state index in [-0.39, 0.29) is 5.56 Å². The molecule has 2 rings (SSSR count). The zero-order valence-corrected chi connectivity index (χ0v) is 10.3. The monoisotopic (exact) mass is 264 g/mol. The molecule has 0 amide bonds. The van der Waals surface area contributed by atoms with Crippen LogP contribution in [0, 0.1) is 0 Å². The summed E-state index contributed by atoms with van der Waals surface area (Å²) in [6.07, 6.45) is 0. The summed E-state index contributed by atoms with van der Waals surface area (Å²) in [4.78, 5) is 12.7. The Morgan fingerprint density at radius 3 is 2.41 bits per heavy atom. The Labute approximate surface area is 108 Å². The van der Waals surface area contributed by atoms with Crippen LogP contribution in [0.4, 0.5) is 0 Å². The molecule has 0 aliphatic carbocycles. The first-order valence-corrected chi connectivity index (χ1v) is 6.12. The second kappa shape index (κ2) is 5.25. The van der Waals surface area contributed by atoms with E-state index in [0.29, 0.717) is 5.02 Å². The molecule has 2 nitrogen and oxygen atoms in total. The molecule has 0 radical (unpaired) electrons. The summed E-state index contributed by atoms with van der Waals surface area (Å²) in [6.45, 7) is 0. The van der Waals surface area contributed by atoms with E-state index in [9.17, 15) is 4.79 Å². The van der Waals surface area contributed by atoms with Gasteiger partial charge in [0.1, 0.15) is 0 Å². The van der Waals surface area contributed by atoms with Crippen LogP contribution in [-0.2, 0) is 0 Å². The first-order valence-electron chi connectivity index (χ1n) is 4.92. The lowest BCUT2D eigenvalue weighted by Gasteiger charge is -2.04. The minimum atomic E-state index is -0.969. The topological polar surface area (TPSA) is 37.3 Å². The average Bonchev–Trinajstić information content (AvgIpc) is 2.33. The van der Waals surface area contributed by atoms with Gasteiger partial charge in [0.15, 0.2) is 0 Å². The van der Waals surface area contributed by atoms with Gasteiger partial charge in [-0.25, -0.2) is 4.79 Å². The predicted octanol–water partition coefficient (Wildman–Crippen LogP) is 4.19. The Kier molecular flexibility index (Phi) is 3.71. The Bertz CT molecular complexity index is 540. The van der Waals surface area contributed by atoms with Crippen molar-refractivity contribution in [3.05, 3.63) is 59.1 Å². The molecule has 0 unspecified atom stereocenters. The summed E-state index contributed by atoms with van der Waals surface area (Å²) in [5.41, 5.74) is 0.201. The number of hydrogen-bond donors (Lipinski definition) is 1. The summed E-state index contributed by atoms with van der Waals surface area (Å²) in [6, 6.07) is 14.5. The molecule has 0 saturated carbocycles. The van der Waals surface area contributed by atoms with Gasteiger partial charge in [-0.3, -0.25) is 0 Å². The van der Waals surface area contributed by atoms with E-state index in [2.05, 4.69) is 0 Å². The fourth-order valence-electron chi connectivity index (χ4n) is 1.33. The van der Waals surface area contributed by atoms with Crippen LogP contribution in [0.3, 0.4) is 0 Å². The molecular weight excluding hydrogens is 256 g/mol. The van der Waals surface area contributed by atoms with Gasteiger partial charge >= 0.3 is 5.97 Å². The maximum absolute atomic E-state index is 10.8. The van der Waals surface area contributed by atoms with Crippen LogP contribution in [0.2, 0.25) is 5.02 Å². The predicted molar refractivity (Wildman–Crippen MR) is 69.0 cm³/mol. The lowest BCUT2D eigenvalue weighted by atomic mass is 10.2. The minimum Gasteiger partial charge on any atom is -0.478 e. The number of benzene rings is 2. The van der Waals surface area contributed by atoms with Crippen molar-refractivity contribution in [2.75, 3.05) is 0 Å². The second-order valence-corrected chi connectivity index (χ2v) is 4.89. The first kappa shape index (κ1) is 12.0. The van der Waals surface area contributed by atoms with E-state index in [4.69, 9.17) is 16.7 Å². The molecule has 86 valence electrons. The highest BCUT2D eigenvalue weighted by atomic mass is 35.5. The first-order chi connectivity index (χ1) is 8.16. The Hall–Kier alpha value is -1.45. The standard InChI is InChI=1S/C13H9ClO2S/c14-11-8-9(13(15)16)6-7-12(11)17-10-4-2-1-3-5-10/h1-8H,(H,15,16). The average molecular weight is 265 g/mol. The van der Waals surface area contributed by atoms with E-state index in [1.54, 1.807) is 12.1 Å². The number of halogens is 1. The van der Waals surface area contributed by atoms with E-state index < -0.39 is 5.97 Å². The highest BCUT2D eigenvalue weighted by molar-refractivity contribution is 7.99. The third-order valence-corrected chi connectivity index (χ3v) is 3.66. The Morgan fingerprint density at radius 2 is 1.82 bits per heavy atom. The summed E-state index contributed by atoms with van der Waals surface area (Å²) in [5.74, 6) is -0.969. The number of aromatic carboxylic acids is 1. The smallest absolute Gasteiger partial charge is 0.335 e. The van der Waals surface area contributed by atoms with Gasteiger partial charge in [0.05, 0.1) is 10.6 Å². The number of carboxylic acid groups (broad SMARTS) is 1. The molecule has 2 aromatic rings. The number of rotatable bonds is 3. The highest BCUT2D eigenvalue weighted by Crippen LogP contribution is 2.33. The number of carbonyl (C=O) groups is 1. The molecule has 0 aliphatic heterocycles. The van der Waals surface area contributed by atoms with Crippen LogP contribution >= 0.6 is 23.4 Å². The molecule has 2 aromatic carbocycles. The van der Waals surface area contributed by atoms with Crippen molar-refractivity contribution in [3.63, 3.8) is 0 Å². The van der Waals surface area contributed by atoms with Crippen molar-refractivity contribution in [3.8, 4) is 0 Å². The number of hydrogen-bond acceptors (Lipinski definition) is 2. The second-order valence-electron chi connectivity index (χ2n) is 3.37. The maximum atomic E-state index is 10.8. The van der Waals surface area contributed by atoms with Crippen molar-refractivity contribution >= 4 is 29.3 Å². The molecule has 4 heteroatoms. The fourth-order valence-corrected chi connectivity index (χ4v) is 2.47. The van der Waals surface area contributed by atoms with E-state index in [1.807, 2.05) is 30.3 Å². The molecule has 0 atom stereocenters. The molecule has 17 heavy (non-hydrogen) atoms. The van der Waals surface area contributed by atoms with Gasteiger partial charge in [0.25, 0.3) is 0 Å².